The molecule has 1 aromatic carbocycles. The van der Waals surface area contributed by atoms with Crippen LogP contribution in [0.3, 0.4) is 0 Å². The van der Waals surface area contributed by atoms with Crippen LogP contribution < -0.4 is 0 Å². The molecule has 1 heterocycles. The van der Waals surface area contributed by atoms with E-state index in [0.29, 0.717) is 0 Å². The standard InChI is InChI=1S/C16H16N2O/c1-2-12-9-17-10-13-8-14(4-5-15(12)13)16(18-11-19)6-3-7-16/h4-5,8-10H,2-3,6-7H2,1H3. The van der Waals surface area contributed by atoms with Gasteiger partial charge in [0.2, 0.25) is 6.08 Å². The van der Waals surface area contributed by atoms with Crippen LogP contribution >= 0.6 is 0 Å². The monoisotopic (exact) mass is 252 g/mol. The van der Waals surface area contributed by atoms with Crippen LogP contribution in [0.25, 0.3) is 10.8 Å². The molecule has 1 aliphatic rings. The van der Waals surface area contributed by atoms with E-state index in [-0.39, 0.29) is 5.54 Å². The number of aromatic nitrogens is 1. The lowest BCUT2D eigenvalue weighted by Gasteiger charge is -2.37. The fraction of sp³-hybridized carbons (Fsp3) is 0.375. The van der Waals surface area contributed by atoms with Crippen molar-refractivity contribution in [2.75, 3.05) is 0 Å². The van der Waals surface area contributed by atoms with Gasteiger partial charge in [-0.15, -0.1) is 0 Å². The van der Waals surface area contributed by atoms with Crippen LogP contribution in [0.4, 0.5) is 0 Å². The van der Waals surface area contributed by atoms with Gasteiger partial charge in [-0.1, -0.05) is 19.1 Å². The minimum absolute atomic E-state index is 0.321. The highest BCUT2D eigenvalue weighted by Crippen LogP contribution is 2.45. The van der Waals surface area contributed by atoms with E-state index in [1.54, 1.807) is 6.08 Å². The van der Waals surface area contributed by atoms with Crippen molar-refractivity contribution in [3.63, 3.8) is 0 Å². The maximum Gasteiger partial charge on any atom is 0.235 e. The summed E-state index contributed by atoms with van der Waals surface area (Å²) in [6, 6.07) is 6.36. The third kappa shape index (κ3) is 1.87. The molecule has 3 heteroatoms. The Kier molecular flexibility index (Phi) is 2.92. The lowest BCUT2D eigenvalue weighted by molar-refractivity contribution is 0.256. The predicted octanol–water partition coefficient (Wildman–Crippen LogP) is 3.51. The van der Waals surface area contributed by atoms with Crippen molar-refractivity contribution in [2.45, 2.75) is 38.1 Å². The highest BCUT2D eigenvalue weighted by molar-refractivity contribution is 5.85. The van der Waals surface area contributed by atoms with Crippen LogP contribution in [-0.2, 0) is 16.8 Å². The van der Waals surface area contributed by atoms with E-state index in [9.17, 15) is 4.79 Å². The van der Waals surface area contributed by atoms with Gasteiger partial charge in [-0.05, 0) is 48.3 Å². The Morgan fingerprint density at radius 2 is 2.21 bits per heavy atom. The van der Waals surface area contributed by atoms with Gasteiger partial charge in [0.25, 0.3) is 0 Å². The molecule has 19 heavy (non-hydrogen) atoms. The third-order valence-corrected chi connectivity index (χ3v) is 4.20. The van der Waals surface area contributed by atoms with Gasteiger partial charge < -0.3 is 0 Å². The molecule has 0 saturated heterocycles. The summed E-state index contributed by atoms with van der Waals surface area (Å²) in [7, 11) is 0. The van der Waals surface area contributed by atoms with Crippen molar-refractivity contribution in [2.24, 2.45) is 4.99 Å². The highest BCUT2D eigenvalue weighted by Gasteiger charge is 2.38. The molecule has 0 amide bonds. The maximum atomic E-state index is 10.6. The molecule has 1 aromatic heterocycles. The quantitative estimate of drug-likeness (QED) is 0.619. The minimum Gasteiger partial charge on any atom is -0.264 e. The van der Waals surface area contributed by atoms with Crippen LogP contribution in [0.2, 0.25) is 0 Å². The summed E-state index contributed by atoms with van der Waals surface area (Å²) in [5.74, 6) is 0. The summed E-state index contributed by atoms with van der Waals surface area (Å²) < 4.78 is 0. The molecule has 1 fully saturated rings. The molecule has 0 aliphatic heterocycles. The summed E-state index contributed by atoms with van der Waals surface area (Å²) in [4.78, 5) is 19.0. The van der Waals surface area contributed by atoms with Crippen LogP contribution in [0.15, 0.2) is 35.6 Å². The lowest BCUT2D eigenvalue weighted by atomic mass is 9.72. The van der Waals surface area contributed by atoms with Gasteiger partial charge in [0.05, 0.1) is 5.54 Å². The van der Waals surface area contributed by atoms with Gasteiger partial charge >= 0.3 is 0 Å². The third-order valence-electron chi connectivity index (χ3n) is 4.20. The number of rotatable bonds is 3. The van der Waals surface area contributed by atoms with E-state index in [1.165, 1.54) is 10.9 Å². The molecular formula is C16H16N2O. The molecular weight excluding hydrogens is 236 g/mol. The topological polar surface area (TPSA) is 42.3 Å². The van der Waals surface area contributed by atoms with Crippen molar-refractivity contribution in [3.05, 3.63) is 41.7 Å². The normalized spacial score (nSPS) is 16.7. The zero-order chi connectivity index (χ0) is 13.3. The summed E-state index contributed by atoms with van der Waals surface area (Å²) >= 11 is 0. The van der Waals surface area contributed by atoms with Gasteiger partial charge in [0.15, 0.2) is 0 Å². The Morgan fingerprint density at radius 1 is 1.37 bits per heavy atom. The first-order valence-corrected chi connectivity index (χ1v) is 6.75. The Morgan fingerprint density at radius 3 is 2.84 bits per heavy atom. The van der Waals surface area contributed by atoms with Crippen molar-refractivity contribution in [1.82, 2.24) is 4.98 Å². The van der Waals surface area contributed by atoms with Crippen molar-refractivity contribution < 1.29 is 4.79 Å². The first-order chi connectivity index (χ1) is 9.29. The molecule has 0 N–H and O–H groups in total. The number of benzene rings is 1. The average molecular weight is 252 g/mol. The summed E-state index contributed by atoms with van der Waals surface area (Å²) in [6.45, 7) is 2.13. The van der Waals surface area contributed by atoms with E-state index >= 15 is 0 Å². The number of isocyanates is 1. The van der Waals surface area contributed by atoms with Crippen LogP contribution in [0, 0.1) is 0 Å². The number of fused-ring (bicyclic) bond motifs is 1. The second-order valence-electron chi connectivity index (χ2n) is 5.18. The van der Waals surface area contributed by atoms with Gasteiger partial charge in [0.1, 0.15) is 0 Å². The minimum atomic E-state index is -0.321. The highest BCUT2D eigenvalue weighted by atomic mass is 16.1. The molecule has 0 spiro atoms. The van der Waals surface area contributed by atoms with Crippen molar-refractivity contribution >= 4 is 16.9 Å². The first-order valence-electron chi connectivity index (χ1n) is 6.75. The Bertz CT molecular complexity index is 668. The second-order valence-corrected chi connectivity index (χ2v) is 5.18. The van der Waals surface area contributed by atoms with Crippen LogP contribution in [-0.4, -0.2) is 11.1 Å². The van der Waals surface area contributed by atoms with Gasteiger partial charge in [-0.25, -0.2) is 4.79 Å². The zero-order valence-corrected chi connectivity index (χ0v) is 11.0. The summed E-state index contributed by atoms with van der Waals surface area (Å²) in [5, 5.41) is 2.37. The average Bonchev–Trinajstić information content (AvgIpc) is 2.41. The lowest BCUT2D eigenvalue weighted by Crippen LogP contribution is -2.31. The fourth-order valence-electron chi connectivity index (χ4n) is 2.87. The van der Waals surface area contributed by atoms with Crippen LogP contribution in [0.1, 0.15) is 37.3 Å². The Labute approximate surface area is 112 Å². The second kappa shape index (κ2) is 4.60. The van der Waals surface area contributed by atoms with Crippen molar-refractivity contribution in [1.29, 1.82) is 0 Å². The number of aliphatic imine (C=N–C) groups is 1. The molecule has 1 saturated carbocycles. The SMILES string of the molecule is CCc1cncc2cc(C3(N=C=O)CCC3)ccc12. The number of aryl methyl sites for hydroxylation is 1. The largest absolute Gasteiger partial charge is 0.264 e. The molecule has 1 aliphatic carbocycles. The van der Waals surface area contributed by atoms with Gasteiger partial charge in [-0.2, -0.15) is 4.99 Å². The van der Waals surface area contributed by atoms with Crippen molar-refractivity contribution in [3.8, 4) is 0 Å². The van der Waals surface area contributed by atoms with E-state index in [2.05, 4.69) is 35.1 Å². The van der Waals surface area contributed by atoms with E-state index in [4.69, 9.17) is 0 Å². The fourth-order valence-corrected chi connectivity index (χ4v) is 2.87. The number of hydrogen-bond acceptors (Lipinski definition) is 3. The molecule has 0 bridgehead atoms. The molecule has 0 unspecified atom stereocenters. The molecule has 0 radical (unpaired) electrons. The Hall–Kier alpha value is -1.99. The molecule has 3 rings (SSSR count). The summed E-state index contributed by atoms with van der Waals surface area (Å²) in [5.41, 5.74) is 2.05. The van der Waals surface area contributed by atoms with Gasteiger partial charge in [-0.3, -0.25) is 4.98 Å². The first kappa shape index (κ1) is 12.1. The number of pyridine rings is 1. The molecule has 2 aromatic rings. The molecule has 96 valence electrons. The van der Waals surface area contributed by atoms with Gasteiger partial charge in [0, 0.05) is 17.8 Å². The number of hydrogen-bond donors (Lipinski definition) is 0. The zero-order valence-electron chi connectivity index (χ0n) is 11.0. The molecule has 3 nitrogen and oxygen atoms in total. The van der Waals surface area contributed by atoms with E-state index in [0.717, 1.165) is 36.6 Å². The predicted molar refractivity (Wildman–Crippen MR) is 74.8 cm³/mol. The van der Waals surface area contributed by atoms with E-state index in [1.807, 2.05) is 12.4 Å². The van der Waals surface area contributed by atoms with E-state index < -0.39 is 0 Å². The maximum absolute atomic E-state index is 10.6. The number of carbonyl (C=O) groups excluding carboxylic acids is 1. The molecule has 0 atom stereocenters. The number of nitrogens with zero attached hydrogens (tertiary/aromatic N) is 2. The summed E-state index contributed by atoms with van der Waals surface area (Å²) in [6.07, 6.45) is 9.52. The Balaban J connectivity index is 2.14. The van der Waals surface area contributed by atoms with Crippen LogP contribution in [0.5, 0.6) is 0 Å². The smallest absolute Gasteiger partial charge is 0.235 e.